The highest BCUT2D eigenvalue weighted by atomic mass is 16.4. The van der Waals surface area contributed by atoms with Crippen molar-refractivity contribution in [2.24, 2.45) is 0 Å². The van der Waals surface area contributed by atoms with Gasteiger partial charge in [-0.15, -0.1) is 0 Å². The van der Waals surface area contributed by atoms with Gasteiger partial charge in [0.05, 0.1) is 0 Å². The number of hydrogen-bond acceptors (Lipinski definition) is 4. The summed E-state index contributed by atoms with van der Waals surface area (Å²) in [5, 5.41) is 31.8. The predicted octanol–water partition coefficient (Wildman–Crippen LogP) is -0.222. The van der Waals surface area contributed by atoms with E-state index in [9.17, 15) is 14.4 Å². The lowest BCUT2D eigenvalue weighted by atomic mass is 10.2. The minimum atomic E-state index is -1.23. The van der Waals surface area contributed by atoms with Crippen LogP contribution in [0.15, 0.2) is 0 Å². The lowest BCUT2D eigenvalue weighted by Gasteiger charge is -1.89. The van der Waals surface area contributed by atoms with Gasteiger partial charge in [-0.2, -0.15) is 0 Å². The Morgan fingerprint density at radius 1 is 1.00 bits per heavy atom. The van der Waals surface area contributed by atoms with Crippen LogP contribution >= 0.6 is 0 Å². The maximum Gasteiger partial charge on any atom is 0.332 e. The monoisotopic (exact) mass is 222 g/mol. The third-order valence-corrected chi connectivity index (χ3v) is 1.14. The third-order valence-electron chi connectivity index (χ3n) is 1.14. The Balaban J connectivity index is 0. The molecule has 4 N–H and O–H groups in total. The van der Waals surface area contributed by atoms with E-state index < -0.39 is 24.0 Å². The molecule has 0 bridgehead atoms. The minimum absolute atomic E-state index is 0.0632. The van der Waals surface area contributed by atoms with E-state index in [4.69, 9.17) is 20.4 Å². The summed E-state index contributed by atoms with van der Waals surface area (Å²) in [6.45, 7) is 1.20. The third kappa shape index (κ3) is 19.0. The summed E-state index contributed by atoms with van der Waals surface area (Å²) in [5.41, 5.74) is 0. The summed E-state index contributed by atoms with van der Waals surface area (Å²) in [5.74, 6) is -3.08. The molecule has 88 valence electrons. The molecule has 0 aromatic heterocycles. The molecule has 0 saturated carbocycles. The van der Waals surface area contributed by atoms with E-state index in [1.54, 1.807) is 0 Å². The Morgan fingerprint density at radius 3 is 1.40 bits per heavy atom. The van der Waals surface area contributed by atoms with Crippen molar-refractivity contribution in [3.8, 4) is 0 Å². The van der Waals surface area contributed by atoms with Gasteiger partial charge in [0.1, 0.15) is 6.10 Å². The fraction of sp³-hybridized carbons (Fsp3) is 0.625. The Kier molecular flexibility index (Phi) is 9.44. The molecule has 0 amide bonds. The highest BCUT2D eigenvalue weighted by Gasteiger charge is 2.01. The van der Waals surface area contributed by atoms with Gasteiger partial charge in [-0.1, -0.05) is 0 Å². The molecule has 0 aliphatic rings. The lowest BCUT2D eigenvalue weighted by Crippen LogP contribution is -2.13. The van der Waals surface area contributed by atoms with Crippen LogP contribution < -0.4 is 0 Å². The molecule has 0 fully saturated rings. The van der Waals surface area contributed by atoms with Crippen LogP contribution in [0.5, 0.6) is 0 Å². The fourth-order valence-corrected chi connectivity index (χ4v) is 0.391. The molecule has 0 heterocycles. The van der Waals surface area contributed by atoms with Crippen molar-refractivity contribution in [3.63, 3.8) is 0 Å². The smallest absolute Gasteiger partial charge is 0.332 e. The molecule has 0 aliphatic heterocycles. The molecular weight excluding hydrogens is 208 g/mol. The first-order valence-corrected chi connectivity index (χ1v) is 4.11. The second-order valence-corrected chi connectivity index (χ2v) is 2.66. The quantitative estimate of drug-likeness (QED) is 0.505. The molecule has 7 heteroatoms. The second-order valence-electron chi connectivity index (χ2n) is 2.66. The summed E-state index contributed by atoms with van der Waals surface area (Å²) < 4.78 is 0. The van der Waals surface area contributed by atoms with Gasteiger partial charge in [-0.3, -0.25) is 9.59 Å². The fourth-order valence-electron chi connectivity index (χ4n) is 0.391. The number of carboxylic acids is 3. The number of aliphatic hydroxyl groups is 1. The summed E-state index contributed by atoms with van der Waals surface area (Å²) in [6.07, 6.45) is -1.14. The molecule has 1 atom stereocenters. The van der Waals surface area contributed by atoms with Crippen molar-refractivity contribution in [2.45, 2.75) is 32.3 Å². The molecule has 0 aromatic carbocycles. The van der Waals surface area contributed by atoms with Crippen LogP contribution in [0.1, 0.15) is 26.2 Å². The van der Waals surface area contributed by atoms with E-state index in [0.717, 1.165) is 0 Å². The highest BCUT2D eigenvalue weighted by molar-refractivity contribution is 5.71. The van der Waals surface area contributed by atoms with E-state index in [-0.39, 0.29) is 19.3 Å². The second kappa shape index (κ2) is 8.95. The van der Waals surface area contributed by atoms with Crippen molar-refractivity contribution in [2.75, 3.05) is 0 Å². The van der Waals surface area contributed by atoms with E-state index >= 15 is 0 Å². The van der Waals surface area contributed by atoms with E-state index in [1.807, 2.05) is 0 Å². The summed E-state index contributed by atoms with van der Waals surface area (Å²) in [6, 6.07) is 0. The summed E-state index contributed by atoms with van der Waals surface area (Å²) in [4.78, 5) is 29.0. The van der Waals surface area contributed by atoms with E-state index in [1.165, 1.54) is 6.92 Å². The van der Waals surface area contributed by atoms with Crippen LogP contribution in [-0.4, -0.2) is 44.4 Å². The number of hydrogen-bond donors (Lipinski definition) is 4. The molecular formula is C8H14O7. The SMILES string of the molecule is CC(O)C(=O)O.O=C(O)CCCC(=O)O. The van der Waals surface area contributed by atoms with Crippen LogP contribution in [0.3, 0.4) is 0 Å². The van der Waals surface area contributed by atoms with Gasteiger partial charge < -0.3 is 20.4 Å². The molecule has 0 radical (unpaired) electrons. The zero-order valence-corrected chi connectivity index (χ0v) is 8.21. The van der Waals surface area contributed by atoms with Crippen molar-refractivity contribution in [1.82, 2.24) is 0 Å². The van der Waals surface area contributed by atoms with E-state index in [2.05, 4.69) is 0 Å². The number of rotatable bonds is 5. The van der Waals surface area contributed by atoms with Crippen molar-refractivity contribution < 1.29 is 34.8 Å². The zero-order valence-electron chi connectivity index (χ0n) is 8.21. The lowest BCUT2D eigenvalue weighted by molar-refractivity contribution is -0.145. The van der Waals surface area contributed by atoms with Gasteiger partial charge in [0.2, 0.25) is 0 Å². The molecule has 0 rings (SSSR count). The maximum absolute atomic E-state index is 9.79. The van der Waals surface area contributed by atoms with E-state index in [0.29, 0.717) is 0 Å². The average molecular weight is 222 g/mol. The van der Waals surface area contributed by atoms with Gasteiger partial charge in [0, 0.05) is 12.8 Å². The van der Waals surface area contributed by atoms with Crippen LogP contribution in [0.2, 0.25) is 0 Å². The molecule has 15 heavy (non-hydrogen) atoms. The first-order valence-electron chi connectivity index (χ1n) is 4.11. The predicted molar refractivity (Wildman–Crippen MR) is 48.4 cm³/mol. The summed E-state index contributed by atoms with van der Waals surface area (Å²) >= 11 is 0. The first kappa shape index (κ1) is 15.8. The highest BCUT2D eigenvalue weighted by Crippen LogP contribution is 1.93. The molecule has 7 nitrogen and oxygen atoms in total. The van der Waals surface area contributed by atoms with Gasteiger partial charge in [0.25, 0.3) is 0 Å². The molecule has 1 unspecified atom stereocenters. The maximum atomic E-state index is 9.79. The van der Waals surface area contributed by atoms with Crippen LogP contribution in [0, 0.1) is 0 Å². The van der Waals surface area contributed by atoms with Crippen molar-refractivity contribution in [3.05, 3.63) is 0 Å². The average Bonchev–Trinajstić information content (AvgIpc) is 2.03. The standard InChI is InChI=1S/C5H8O4.C3H6O3/c6-4(7)2-1-3-5(8)9;1-2(4)3(5)6/h1-3H2,(H,6,7)(H,8,9);2,4H,1H3,(H,5,6). The molecule has 0 aromatic rings. The number of aliphatic carboxylic acids is 3. The Bertz CT molecular complexity index is 207. The van der Waals surface area contributed by atoms with Crippen molar-refractivity contribution in [1.29, 1.82) is 0 Å². The number of aliphatic hydroxyl groups excluding tert-OH is 1. The topological polar surface area (TPSA) is 132 Å². The van der Waals surface area contributed by atoms with Crippen LogP contribution in [-0.2, 0) is 14.4 Å². The Morgan fingerprint density at radius 2 is 1.27 bits per heavy atom. The summed E-state index contributed by atoms with van der Waals surface area (Å²) in [7, 11) is 0. The van der Waals surface area contributed by atoms with Crippen molar-refractivity contribution >= 4 is 17.9 Å². The Hall–Kier alpha value is -1.63. The van der Waals surface area contributed by atoms with Gasteiger partial charge in [0.15, 0.2) is 0 Å². The zero-order chi connectivity index (χ0) is 12.4. The number of carboxylic acid groups (broad SMARTS) is 3. The van der Waals surface area contributed by atoms with Crippen LogP contribution in [0.4, 0.5) is 0 Å². The van der Waals surface area contributed by atoms with Crippen LogP contribution in [0.25, 0.3) is 0 Å². The molecule has 0 spiro atoms. The largest absolute Gasteiger partial charge is 0.481 e. The van der Waals surface area contributed by atoms with Gasteiger partial charge in [-0.25, -0.2) is 4.79 Å². The normalized spacial score (nSPS) is 10.8. The minimum Gasteiger partial charge on any atom is -0.481 e. The number of carbonyl (C=O) groups is 3. The van der Waals surface area contributed by atoms with Gasteiger partial charge in [-0.05, 0) is 13.3 Å². The van der Waals surface area contributed by atoms with Gasteiger partial charge >= 0.3 is 17.9 Å². The molecule has 0 aliphatic carbocycles. The molecule has 0 saturated heterocycles. The first-order chi connectivity index (χ1) is 6.77. The Labute approximate surface area is 86.0 Å².